The fraction of sp³-hybridized carbons (Fsp3) is 0.469. The minimum absolute atomic E-state index is 0.00651. The molecule has 5 atom stereocenters. The molecule has 83 heavy (non-hydrogen) atoms. The highest BCUT2D eigenvalue weighted by atomic mass is 32.2. The first-order valence-electron chi connectivity index (χ1n) is 29.0. The molecule has 442 valence electrons. The summed E-state index contributed by atoms with van der Waals surface area (Å²) in [7, 11) is 0. The molecule has 0 spiro atoms. The van der Waals surface area contributed by atoms with Crippen LogP contribution in [-0.2, 0) is 43.4 Å². The van der Waals surface area contributed by atoms with E-state index in [0.29, 0.717) is 74.4 Å². The predicted molar refractivity (Wildman–Crippen MR) is 321 cm³/mol. The molecule has 9 rings (SSSR count). The van der Waals surface area contributed by atoms with E-state index in [9.17, 15) is 29.1 Å². The van der Waals surface area contributed by atoms with Gasteiger partial charge in [0.25, 0.3) is 17.4 Å². The Bertz CT molecular complexity index is 3200. The Hall–Kier alpha value is -7.03. The van der Waals surface area contributed by atoms with Crippen LogP contribution in [0.3, 0.4) is 0 Å². The number of ether oxygens (including phenoxy) is 5. The van der Waals surface area contributed by atoms with Crippen LogP contribution in [0.1, 0.15) is 112 Å². The average molecular weight is 1150 g/mol. The maximum absolute atomic E-state index is 14.3. The van der Waals surface area contributed by atoms with Gasteiger partial charge in [0.2, 0.25) is 11.8 Å². The van der Waals surface area contributed by atoms with Crippen LogP contribution in [0.2, 0.25) is 0 Å². The minimum Gasteiger partial charge on any atom is -0.491 e. The maximum atomic E-state index is 14.3. The number of H-pyrrole nitrogens is 1. The van der Waals surface area contributed by atoms with E-state index >= 15 is 0 Å². The van der Waals surface area contributed by atoms with Gasteiger partial charge < -0.3 is 59.1 Å². The van der Waals surface area contributed by atoms with Crippen molar-refractivity contribution in [3.63, 3.8) is 0 Å². The second kappa shape index (κ2) is 28.0. The van der Waals surface area contributed by atoms with Crippen molar-refractivity contribution in [1.82, 2.24) is 25.4 Å². The first-order valence-corrected chi connectivity index (χ1v) is 30.0. The number of rotatable bonds is 25. The Morgan fingerprint density at radius 3 is 2.28 bits per heavy atom. The maximum Gasteiger partial charge on any atom is 0.255 e. The number of thioether (sulfide) groups is 1. The van der Waals surface area contributed by atoms with Crippen LogP contribution in [0.4, 0.5) is 5.69 Å². The van der Waals surface area contributed by atoms with E-state index in [0.717, 1.165) is 69.7 Å². The van der Waals surface area contributed by atoms with Crippen molar-refractivity contribution in [2.45, 2.75) is 123 Å². The molecular weight excluding hydrogens is 1070 g/mol. The number of nitrogens with one attached hydrogen (secondary N) is 3. The number of nitrogens with zero attached hydrogens (tertiary/aromatic N) is 4. The third-order valence-corrected chi connectivity index (χ3v) is 17.3. The molecule has 0 saturated carbocycles. The molecule has 19 heteroatoms. The molecule has 4 aliphatic heterocycles. The second-order valence-corrected chi connectivity index (χ2v) is 23.2. The number of fused-ring (bicyclic) bond motifs is 1. The highest BCUT2D eigenvalue weighted by Crippen LogP contribution is 2.40. The quantitative estimate of drug-likeness (QED) is 0.0411. The fourth-order valence-corrected chi connectivity index (χ4v) is 12.7. The van der Waals surface area contributed by atoms with Crippen LogP contribution in [-0.4, -0.2) is 145 Å². The van der Waals surface area contributed by atoms with E-state index in [1.807, 2.05) is 113 Å². The molecule has 2 fully saturated rings. The number of aromatic amines is 1. The Labute approximate surface area is 490 Å². The van der Waals surface area contributed by atoms with Crippen LogP contribution in [0.5, 0.6) is 11.5 Å². The van der Waals surface area contributed by atoms with Gasteiger partial charge >= 0.3 is 0 Å². The molecule has 0 bridgehead atoms. The van der Waals surface area contributed by atoms with Crippen molar-refractivity contribution in [3.8, 4) is 22.6 Å². The van der Waals surface area contributed by atoms with E-state index in [4.69, 9.17) is 23.7 Å². The Kier molecular flexibility index (Phi) is 20.5. The number of benzene rings is 4. The number of aliphatic hydroxyl groups is 1. The van der Waals surface area contributed by atoms with E-state index in [2.05, 4.69) is 45.4 Å². The Morgan fingerprint density at radius 2 is 1.59 bits per heavy atom. The summed E-state index contributed by atoms with van der Waals surface area (Å²) in [5.74, 6) is -0.190. The number of aliphatic imine (C=N–C) groups is 1. The Balaban J connectivity index is 0.751. The zero-order valence-corrected chi connectivity index (χ0v) is 49.6. The molecule has 18 nitrogen and oxygen atoms in total. The number of carbonyl (C=O) groups excluding carboxylic acids is 4. The number of aromatic nitrogens is 1. The summed E-state index contributed by atoms with van der Waals surface area (Å²) < 4.78 is 29.8. The largest absolute Gasteiger partial charge is 0.491 e. The lowest BCUT2D eigenvalue weighted by atomic mass is 9.95. The first-order chi connectivity index (χ1) is 40.1. The van der Waals surface area contributed by atoms with Crippen LogP contribution >= 0.6 is 11.8 Å². The number of anilines is 1. The molecule has 0 aliphatic carbocycles. The molecule has 4 amide bonds. The lowest BCUT2D eigenvalue weighted by Gasteiger charge is -2.37. The number of β-amino-alcohol motifs (C(OH)–C–C–N with tert-alkyl or cyclic N) is 1. The molecule has 5 aromatic rings. The molecule has 4 aromatic carbocycles. The van der Waals surface area contributed by atoms with E-state index < -0.39 is 24.1 Å². The lowest BCUT2D eigenvalue weighted by Crippen LogP contribution is -2.55. The van der Waals surface area contributed by atoms with Crippen molar-refractivity contribution < 1.29 is 48.0 Å². The van der Waals surface area contributed by atoms with Crippen molar-refractivity contribution >= 4 is 46.6 Å². The molecule has 0 radical (unpaired) electrons. The number of hydrogen-bond donors (Lipinski definition) is 4. The number of aliphatic hydroxyl groups excluding tert-OH is 1. The van der Waals surface area contributed by atoms with Gasteiger partial charge in [-0.25, -0.2) is 0 Å². The number of amides is 4. The molecule has 2 unspecified atom stereocenters. The van der Waals surface area contributed by atoms with Crippen LogP contribution in [0, 0.1) is 26.7 Å². The average Bonchev–Trinajstić information content (AvgIpc) is 3.33. The summed E-state index contributed by atoms with van der Waals surface area (Å²) >= 11 is 1.64. The summed E-state index contributed by atoms with van der Waals surface area (Å²) in [6.07, 6.45) is 0.989. The Morgan fingerprint density at radius 1 is 0.867 bits per heavy atom. The van der Waals surface area contributed by atoms with Crippen LogP contribution < -0.4 is 30.6 Å². The first kappa shape index (κ1) is 60.6. The van der Waals surface area contributed by atoms with Gasteiger partial charge in [-0.1, -0.05) is 56.3 Å². The minimum atomic E-state index is -0.919. The highest BCUT2D eigenvalue weighted by molar-refractivity contribution is 8.12. The third-order valence-electron chi connectivity index (χ3n) is 16.1. The molecule has 2 saturated heterocycles. The van der Waals surface area contributed by atoms with Gasteiger partial charge in [0, 0.05) is 92.0 Å². The molecule has 4 aliphatic rings. The van der Waals surface area contributed by atoms with Crippen molar-refractivity contribution in [2.24, 2.45) is 10.9 Å². The summed E-state index contributed by atoms with van der Waals surface area (Å²) in [6, 6.07) is 25.7. The zero-order chi connectivity index (χ0) is 58.7. The number of aryl methyl sites for hydroxylation is 2. The van der Waals surface area contributed by atoms with E-state index in [1.165, 1.54) is 4.90 Å². The summed E-state index contributed by atoms with van der Waals surface area (Å²) in [5.41, 5.74) is 11.2. The summed E-state index contributed by atoms with van der Waals surface area (Å²) in [6.45, 7) is 18.2. The molecule has 5 heterocycles. The van der Waals surface area contributed by atoms with Gasteiger partial charge in [-0.2, -0.15) is 0 Å². The highest BCUT2D eigenvalue weighted by Gasteiger charge is 2.46. The fourth-order valence-electron chi connectivity index (χ4n) is 11.7. The van der Waals surface area contributed by atoms with Crippen LogP contribution in [0.25, 0.3) is 11.1 Å². The van der Waals surface area contributed by atoms with Crippen molar-refractivity contribution in [3.05, 3.63) is 145 Å². The molecule has 4 N–H and O–H groups in total. The normalized spacial score (nSPS) is 19.1. The zero-order valence-electron chi connectivity index (χ0n) is 48.7. The SMILES string of the molecule is CCN(c1cc(-c2ccc(OCCOCCOCCOc3cc(C4SC=NC4C)ccc3CNC(=O)[C@@H]3C[C@@H](O)CN3C(=O)[C@H](C(C)C)N3Cc4ccccc4C3=O)cc2)cc(C(=O)NCc2c(C)cc(C)[nH]c2=O)c1C)C1CCOCC1. The second-order valence-electron chi connectivity index (χ2n) is 22.2. The van der Waals surface area contributed by atoms with Gasteiger partial charge in [-0.15, -0.1) is 11.8 Å². The van der Waals surface area contributed by atoms with Crippen molar-refractivity contribution in [2.75, 3.05) is 70.8 Å². The number of hydrogen-bond acceptors (Lipinski definition) is 14. The number of likely N-dealkylation sites (tertiary alicyclic amines) is 1. The topological polar surface area (TPSA) is 214 Å². The van der Waals surface area contributed by atoms with Crippen molar-refractivity contribution in [1.29, 1.82) is 0 Å². The van der Waals surface area contributed by atoms with Gasteiger partial charge in [-0.05, 0) is 129 Å². The predicted octanol–water partition coefficient (Wildman–Crippen LogP) is 7.86. The summed E-state index contributed by atoms with van der Waals surface area (Å²) in [5, 5.41) is 17.0. The smallest absolute Gasteiger partial charge is 0.255 e. The standard InChI is InChI=1S/C64H79N7O11S/c1-8-69(49-19-21-78-22-20-49)55-31-48(30-53(42(55)6)60(73)66-35-54-40(4)29-41(5)68-61(54)74)44-15-17-51(18-16-44)81-27-25-79-23-24-80-26-28-82-57-32-45(59-43(7)67-38-83-59)13-14-46(57)34-65-62(75)56-33-50(72)37-70(56)64(77)58(39(2)3)71-36-47-11-9-10-12-52(47)63(71)76/h9-18,29-32,38-39,43,49-50,56,58-59,72H,8,19-28,33-37H2,1-7H3,(H,65,75)(H,66,73)(H,68,74)/t43?,50-,56+,58+,59?/m1/s1. The van der Waals surface area contributed by atoms with Gasteiger partial charge in [0.05, 0.1) is 49.4 Å². The van der Waals surface area contributed by atoms with Gasteiger partial charge in [-0.3, -0.25) is 29.0 Å². The van der Waals surface area contributed by atoms with E-state index in [-0.39, 0.29) is 85.8 Å². The van der Waals surface area contributed by atoms with Gasteiger partial charge in [0.1, 0.15) is 36.8 Å². The molecular formula is C64H79N7O11S. The monoisotopic (exact) mass is 1150 g/mol. The number of pyridine rings is 1. The lowest BCUT2D eigenvalue weighted by molar-refractivity contribution is -0.143. The van der Waals surface area contributed by atoms with E-state index in [1.54, 1.807) is 22.7 Å². The number of carbonyl (C=O) groups is 4. The third kappa shape index (κ3) is 14.5. The summed E-state index contributed by atoms with van der Waals surface area (Å²) in [4.78, 5) is 81.4. The van der Waals surface area contributed by atoms with Crippen LogP contribution in [0.15, 0.2) is 94.7 Å². The van der Waals surface area contributed by atoms with Gasteiger partial charge in [0.15, 0.2) is 0 Å². The molecule has 1 aromatic heterocycles.